The van der Waals surface area contributed by atoms with E-state index < -0.39 is 0 Å². The Labute approximate surface area is 120 Å². The van der Waals surface area contributed by atoms with Gasteiger partial charge in [0.25, 0.3) is 5.69 Å². The highest BCUT2D eigenvalue weighted by molar-refractivity contribution is 5.42. The smallest absolute Gasteiger partial charge is 0.272 e. The Morgan fingerprint density at radius 1 is 1.35 bits per heavy atom. The molecule has 1 atom stereocenters. The van der Waals surface area contributed by atoms with Gasteiger partial charge in [-0.15, -0.1) is 0 Å². The molecular weight excluding hydrogens is 252 g/mol. The Bertz CT molecular complexity index is 468. The second kappa shape index (κ2) is 6.84. The quantitative estimate of drug-likeness (QED) is 0.654. The number of rotatable bonds is 5. The summed E-state index contributed by atoms with van der Waals surface area (Å²) in [6, 6.07) is 5.98. The van der Waals surface area contributed by atoms with Gasteiger partial charge < -0.3 is 5.32 Å². The number of hydrogen-bond donors (Lipinski definition) is 1. The van der Waals surface area contributed by atoms with Gasteiger partial charge in [-0.2, -0.15) is 0 Å². The van der Waals surface area contributed by atoms with Crippen LogP contribution in [0.4, 0.5) is 5.69 Å². The van der Waals surface area contributed by atoms with Crippen LogP contribution in [0.15, 0.2) is 18.2 Å². The normalized spacial score (nSPS) is 17.9. The summed E-state index contributed by atoms with van der Waals surface area (Å²) in [6.45, 7) is 4.72. The molecule has 0 radical (unpaired) electrons. The molecule has 0 heterocycles. The molecular formula is C16H24N2O2. The minimum Gasteiger partial charge on any atom is -0.310 e. The monoisotopic (exact) mass is 276 g/mol. The zero-order chi connectivity index (χ0) is 14.5. The van der Waals surface area contributed by atoms with E-state index in [9.17, 15) is 10.1 Å². The molecule has 0 aromatic heterocycles. The zero-order valence-electron chi connectivity index (χ0n) is 12.4. The maximum Gasteiger partial charge on any atom is 0.272 e. The van der Waals surface area contributed by atoms with Crippen LogP contribution in [-0.4, -0.2) is 11.0 Å². The first-order valence-electron chi connectivity index (χ1n) is 7.55. The SMILES string of the molecule is Cc1ccc(CN[C@H](C)C2CCCCC2)cc1[N+](=O)[O-]. The number of benzene rings is 1. The molecule has 20 heavy (non-hydrogen) atoms. The first-order chi connectivity index (χ1) is 9.58. The van der Waals surface area contributed by atoms with E-state index >= 15 is 0 Å². The van der Waals surface area contributed by atoms with Gasteiger partial charge in [0.05, 0.1) is 4.92 Å². The van der Waals surface area contributed by atoms with Gasteiger partial charge in [0.1, 0.15) is 0 Å². The molecule has 0 spiro atoms. The Hall–Kier alpha value is -1.42. The van der Waals surface area contributed by atoms with Gasteiger partial charge in [0.2, 0.25) is 0 Å². The van der Waals surface area contributed by atoms with Crippen molar-refractivity contribution in [2.45, 2.75) is 58.5 Å². The summed E-state index contributed by atoms with van der Waals surface area (Å²) in [6.07, 6.45) is 6.66. The van der Waals surface area contributed by atoms with E-state index in [0.717, 1.165) is 17.0 Å². The van der Waals surface area contributed by atoms with Crippen LogP contribution in [0, 0.1) is 23.0 Å². The molecule has 1 aliphatic rings. The molecule has 1 saturated carbocycles. The topological polar surface area (TPSA) is 55.2 Å². The van der Waals surface area contributed by atoms with Crippen molar-refractivity contribution in [1.29, 1.82) is 0 Å². The first kappa shape index (κ1) is 15.0. The molecule has 1 N–H and O–H groups in total. The van der Waals surface area contributed by atoms with Crippen molar-refractivity contribution < 1.29 is 4.92 Å². The standard InChI is InChI=1S/C16H24N2O2/c1-12-8-9-14(10-16(12)18(19)20)11-17-13(2)15-6-4-3-5-7-15/h8-10,13,15,17H,3-7,11H2,1-2H3/t13-/m1/s1. The molecule has 1 aromatic carbocycles. The van der Waals surface area contributed by atoms with Crippen LogP contribution in [0.2, 0.25) is 0 Å². The maximum absolute atomic E-state index is 10.9. The fraction of sp³-hybridized carbons (Fsp3) is 0.625. The van der Waals surface area contributed by atoms with Crippen molar-refractivity contribution in [1.82, 2.24) is 5.32 Å². The maximum atomic E-state index is 10.9. The lowest BCUT2D eigenvalue weighted by Gasteiger charge is -2.28. The van der Waals surface area contributed by atoms with Crippen LogP contribution in [0.25, 0.3) is 0 Å². The Balaban J connectivity index is 1.93. The van der Waals surface area contributed by atoms with Gasteiger partial charge in [-0.1, -0.05) is 31.4 Å². The third-order valence-electron chi connectivity index (χ3n) is 4.46. The van der Waals surface area contributed by atoms with Crippen LogP contribution < -0.4 is 5.32 Å². The van der Waals surface area contributed by atoms with Gasteiger partial charge in [-0.3, -0.25) is 10.1 Å². The molecule has 0 unspecified atom stereocenters. The highest BCUT2D eigenvalue weighted by Gasteiger charge is 2.19. The molecule has 1 fully saturated rings. The van der Waals surface area contributed by atoms with Crippen LogP contribution in [0.1, 0.15) is 50.2 Å². The molecule has 1 aromatic rings. The highest BCUT2D eigenvalue weighted by atomic mass is 16.6. The van der Waals surface area contributed by atoms with Crippen molar-refractivity contribution in [2.75, 3.05) is 0 Å². The Kier molecular flexibility index (Phi) is 5.12. The fourth-order valence-electron chi connectivity index (χ4n) is 3.04. The lowest BCUT2D eigenvalue weighted by atomic mass is 9.84. The number of aryl methyl sites for hydroxylation is 1. The van der Waals surface area contributed by atoms with E-state index in [1.54, 1.807) is 13.0 Å². The van der Waals surface area contributed by atoms with E-state index in [4.69, 9.17) is 0 Å². The summed E-state index contributed by atoms with van der Waals surface area (Å²) >= 11 is 0. The second-order valence-corrected chi connectivity index (χ2v) is 5.95. The molecule has 4 nitrogen and oxygen atoms in total. The van der Waals surface area contributed by atoms with Gasteiger partial charge >= 0.3 is 0 Å². The molecule has 0 saturated heterocycles. The molecule has 1 aliphatic carbocycles. The number of nitrogens with one attached hydrogen (secondary N) is 1. The summed E-state index contributed by atoms with van der Waals surface area (Å²) in [4.78, 5) is 10.6. The predicted molar refractivity (Wildman–Crippen MR) is 80.7 cm³/mol. The van der Waals surface area contributed by atoms with Crippen LogP contribution in [0.5, 0.6) is 0 Å². The predicted octanol–water partition coefficient (Wildman–Crippen LogP) is 3.96. The third-order valence-corrected chi connectivity index (χ3v) is 4.46. The van der Waals surface area contributed by atoms with Crippen molar-refractivity contribution in [3.05, 3.63) is 39.4 Å². The lowest BCUT2D eigenvalue weighted by molar-refractivity contribution is -0.385. The lowest BCUT2D eigenvalue weighted by Crippen LogP contribution is -2.34. The summed E-state index contributed by atoms with van der Waals surface area (Å²) < 4.78 is 0. The first-order valence-corrected chi connectivity index (χ1v) is 7.55. The Morgan fingerprint density at radius 2 is 2.05 bits per heavy atom. The van der Waals surface area contributed by atoms with Crippen molar-refractivity contribution >= 4 is 5.69 Å². The fourth-order valence-corrected chi connectivity index (χ4v) is 3.04. The van der Waals surface area contributed by atoms with Gasteiger partial charge in [-0.25, -0.2) is 0 Å². The molecule has 4 heteroatoms. The number of hydrogen-bond acceptors (Lipinski definition) is 3. The summed E-state index contributed by atoms with van der Waals surface area (Å²) in [5.41, 5.74) is 1.93. The van der Waals surface area contributed by atoms with Crippen LogP contribution >= 0.6 is 0 Å². The number of nitro benzene ring substituents is 1. The average molecular weight is 276 g/mol. The Morgan fingerprint density at radius 3 is 2.70 bits per heavy atom. The highest BCUT2D eigenvalue weighted by Crippen LogP contribution is 2.26. The molecule has 0 aliphatic heterocycles. The van der Waals surface area contributed by atoms with E-state index in [2.05, 4.69) is 12.2 Å². The third kappa shape index (κ3) is 3.79. The van der Waals surface area contributed by atoms with E-state index in [-0.39, 0.29) is 10.6 Å². The van der Waals surface area contributed by atoms with Gasteiger partial charge in [-0.05, 0) is 38.2 Å². The van der Waals surface area contributed by atoms with Crippen LogP contribution in [-0.2, 0) is 6.54 Å². The van der Waals surface area contributed by atoms with E-state index in [1.807, 2.05) is 12.1 Å². The average Bonchev–Trinajstić information content (AvgIpc) is 2.46. The molecule has 110 valence electrons. The van der Waals surface area contributed by atoms with Crippen LogP contribution in [0.3, 0.4) is 0 Å². The van der Waals surface area contributed by atoms with Gasteiger partial charge in [0.15, 0.2) is 0 Å². The van der Waals surface area contributed by atoms with E-state index in [1.165, 1.54) is 32.1 Å². The minimum atomic E-state index is -0.302. The molecule has 0 amide bonds. The largest absolute Gasteiger partial charge is 0.310 e. The molecule has 0 bridgehead atoms. The molecule has 2 rings (SSSR count). The minimum absolute atomic E-state index is 0.217. The van der Waals surface area contributed by atoms with Crippen molar-refractivity contribution in [3.8, 4) is 0 Å². The van der Waals surface area contributed by atoms with E-state index in [0.29, 0.717) is 12.6 Å². The summed E-state index contributed by atoms with van der Waals surface area (Å²) in [7, 11) is 0. The number of nitrogens with zero attached hydrogens (tertiary/aromatic N) is 1. The van der Waals surface area contributed by atoms with Crippen molar-refractivity contribution in [2.24, 2.45) is 5.92 Å². The number of nitro groups is 1. The summed E-state index contributed by atoms with van der Waals surface area (Å²) in [5.74, 6) is 0.754. The van der Waals surface area contributed by atoms with Gasteiger partial charge in [0, 0.05) is 24.2 Å². The summed E-state index contributed by atoms with van der Waals surface area (Å²) in [5, 5.41) is 14.5. The van der Waals surface area contributed by atoms with Crippen molar-refractivity contribution in [3.63, 3.8) is 0 Å². The zero-order valence-corrected chi connectivity index (χ0v) is 12.4. The second-order valence-electron chi connectivity index (χ2n) is 5.95.